The van der Waals surface area contributed by atoms with Gasteiger partial charge in [0, 0.05) is 17.8 Å². The minimum atomic E-state index is -1.08. The molecule has 0 bridgehead atoms. The van der Waals surface area contributed by atoms with E-state index in [0.717, 1.165) is 0 Å². The highest BCUT2D eigenvalue weighted by molar-refractivity contribution is 6.30. The maximum atomic E-state index is 12.6. The van der Waals surface area contributed by atoms with Crippen LogP contribution < -0.4 is 0 Å². The first-order chi connectivity index (χ1) is 11.1. The summed E-state index contributed by atoms with van der Waals surface area (Å²) in [7, 11) is 0. The van der Waals surface area contributed by atoms with Gasteiger partial charge in [-0.2, -0.15) is 5.10 Å². The Morgan fingerprint density at radius 1 is 1.39 bits per heavy atom. The summed E-state index contributed by atoms with van der Waals surface area (Å²) < 4.78 is 6.66. The topological polar surface area (TPSA) is 84.7 Å². The fourth-order valence-electron chi connectivity index (χ4n) is 2.41. The minimum absolute atomic E-state index is 0.0104. The van der Waals surface area contributed by atoms with Gasteiger partial charge < -0.3 is 14.7 Å². The van der Waals surface area contributed by atoms with Crippen LogP contribution in [-0.2, 0) is 9.53 Å². The molecule has 1 aliphatic heterocycles. The van der Waals surface area contributed by atoms with Crippen LogP contribution in [0, 0.1) is 0 Å². The highest BCUT2D eigenvalue weighted by atomic mass is 35.5. The standard InChI is InChI=1S/C15H14ClN3O4/c16-11-2-1-3-12(6-11)19-8-10(7-17-19)14(20)18-4-5-23-9-13(18)15(21)22/h1-3,6-8,13H,4-5,9H2,(H,21,22)/t13-/m1/s1. The number of carboxylic acids is 1. The number of aromatic nitrogens is 2. The van der Waals surface area contributed by atoms with Gasteiger partial charge in [0.25, 0.3) is 5.91 Å². The first-order valence-electron chi connectivity index (χ1n) is 6.98. The van der Waals surface area contributed by atoms with E-state index in [-0.39, 0.29) is 19.1 Å². The van der Waals surface area contributed by atoms with Gasteiger partial charge in [0.15, 0.2) is 6.04 Å². The zero-order chi connectivity index (χ0) is 16.4. The first kappa shape index (κ1) is 15.5. The van der Waals surface area contributed by atoms with Gasteiger partial charge in [0.05, 0.1) is 30.7 Å². The lowest BCUT2D eigenvalue weighted by atomic mass is 10.2. The molecule has 0 unspecified atom stereocenters. The Morgan fingerprint density at radius 3 is 2.96 bits per heavy atom. The number of hydrogen-bond donors (Lipinski definition) is 1. The number of morpholine rings is 1. The molecular formula is C15H14ClN3O4. The van der Waals surface area contributed by atoms with Crippen molar-refractivity contribution in [1.82, 2.24) is 14.7 Å². The molecule has 1 aliphatic rings. The van der Waals surface area contributed by atoms with E-state index in [1.807, 2.05) is 6.07 Å². The van der Waals surface area contributed by atoms with Gasteiger partial charge in [-0.05, 0) is 18.2 Å². The summed E-state index contributed by atoms with van der Waals surface area (Å²) in [4.78, 5) is 25.1. The number of benzene rings is 1. The fraction of sp³-hybridized carbons (Fsp3) is 0.267. The molecule has 1 fully saturated rings. The van der Waals surface area contributed by atoms with Gasteiger partial charge in [-0.1, -0.05) is 17.7 Å². The van der Waals surface area contributed by atoms with Crippen molar-refractivity contribution < 1.29 is 19.4 Å². The van der Waals surface area contributed by atoms with Crippen LogP contribution >= 0.6 is 11.6 Å². The van der Waals surface area contributed by atoms with E-state index >= 15 is 0 Å². The summed E-state index contributed by atoms with van der Waals surface area (Å²) in [6.07, 6.45) is 2.97. The highest BCUT2D eigenvalue weighted by Crippen LogP contribution is 2.17. The number of nitrogens with zero attached hydrogens (tertiary/aromatic N) is 3. The lowest BCUT2D eigenvalue weighted by molar-refractivity contribution is -0.147. The largest absolute Gasteiger partial charge is 0.480 e. The first-order valence-corrected chi connectivity index (χ1v) is 7.36. The van der Waals surface area contributed by atoms with Crippen molar-refractivity contribution in [2.75, 3.05) is 19.8 Å². The molecule has 23 heavy (non-hydrogen) atoms. The lowest BCUT2D eigenvalue weighted by Gasteiger charge is -2.32. The van der Waals surface area contributed by atoms with Gasteiger partial charge in [-0.25, -0.2) is 9.48 Å². The van der Waals surface area contributed by atoms with Crippen molar-refractivity contribution in [2.45, 2.75) is 6.04 Å². The van der Waals surface area contributed by atoms with Crippen LogP contribution in [0.2, 0.25) is 5.02 Å². The van der Waals surface area contributed by atoms with E-state index in [1.54, 1.807) is 24.4 Å². The summed E-state index contributed by atoms with van der Waals surface area (Å²) >= 11 is 5.94. The van der Waals surface area contributed by atoms with Crippen LogP contribution in [0.5, 0.6) is 0 Å². The fourth-order valence-corrected chi connectivity index (χ4v) is 2.59. The third-order valence-electron chi connectivity index (χ3n) is 3.58. The van der Waals surface area contributed by atoms with Gasteiger partial charge in [-0.3, -0.25) is 4.79 Å². The normalized spacial score (nSPS) is 18.0. The molecule has 1 N–H and O–H groups in total. The second-order valence-corrected chi connectivity index (χ2v) is 5.52. The molecule has 2 heterocycles. The molecule has 2 aromatic rings. The quantitative estimate of drug-likeness (QED) is 0.917. The molecular weight excluding hydrogens is 322 g/mol. The van der Waals surface area contributed by atoms with Crippen molar-refractivity contribution in [3.8, 4) is 5.69 Å². The van der Waals surface area contributed by atoms with Crippen LogP contribution in [0.3, 0.4) is 0 Å². The zero-order valence-electron chi connectivity index (χ0n) is 12.1. The van der Waals surface area contributed by atoms with Gasteiger partial charge in [0.1, 0.15) is 0 Å². The number of carboxylic acid groups (broad SMARTS) is 1. The molecule has 120 valence electrons. The maximum absolute atomic E-state index is 12.6. The number of rotatable bonds is 3. The van der Waals surface area contributed by atoms with Crippen molar-refractivity contribution >= 4 is 23.5 Å². The third kappa shape index (κ3) is 3.20. The summed E-state index contributed by atoms with van der Waals surface area (Å²) in [6, 6.07) is 6.07. The predicted octanol–water partition coefficient (Wildman–Crippen LogP) is 1.45. The Morgan fingerprint density at radius 2 is 2.22 bits per heavy atom. The summed E-state index contributed by atoms with van der Waals surface area (Å²) in [5, 5.41) is 13.9. The minimum Gasteiger partial charge on any atom is -0.480 e. The Hall–Kier alpha value is -2.38. The predicted molar refractivity (Wildman–Crippen MR) is 81.9 cm³/mol. The smallest absolute Gasteiger partial charge is 0.328 e. The summed E-state index contributed by atoms with van der Waals surface area (Å²) in [5.74, 6) is -1.46. The molecule has 0 aliphatic carbocycles. The number of amides is 1. The van der Waals surface area contributed by atoms with Crippen molar-refractivity contribution in [3.05, 3.63) is 47.2 Å². The Kier molecular flexibility index (Phi) is 4.31. The number of hydrogen-bond acceptors (Lipinski definition) is 4. The van der Waals surface area contributed by atoms with Crippen LogP contribution in [0.4, 0.5) is 0 Å². The molecule has 0 saturated carbocycles. The third-order valence-corrected chi connectivity index (χ3v) is 3.81. The van der Waals surface area contributed by atoms with Gasteiger partial charge >= 0.3 is 5.97 Å². The molecule has 1 aromatic carbocycles. The molecule has 8 heteroatoms. The van der Waals surface area contributed by atoms with E-state index in [1.165, 1.54) is 15.8 Å². The average Bonchev–Trinajstić information content (AvgIpc) is 3.04. The van der Waals surface area contributed by atoms with E-state index in [4.69, 9.17) is 16.3 Å². The zero-order valence-corrected chi connectivity index (χ0v) is 12.8. The second-order valence-electron chi connectivity index (χ2n) is 5.08. The van der Waals surface area contributed by atoms with Crippen molar-refractivity contribution in [1.29, 1.82) is 0 Å². The maximum Gasteiger partial charge on any atom is 0.328 e. The monoisotopic (exact) mass is 335 g/mol. The van der Waals surface area contributed by atoms with E-state index in [9.17, 15) is 14.7 Å². The van der Waals surface area contributed by atoms with Crippen LogP contribution in [0.15, 0.2) is 36.7 Å². The molecule has 1 atom stereocenters. The SMILES string of the molecule is O=C(O)[C@H]1COCCN1C(=O)c1cnn(-c2cccc(Cl)c2)c1. The van der Waals surface area contributed by atoms with Crippen LogP contribution in [0.25, 0.3) is 5.69 Å². The molecule has 1 aromatic heterocycles. The summed E-state index contributed by atoms with van der Waals surface area (Å²) in [6.45, 7) is 0.541. The number of ether oxygens (including phenoxy) is 1. The molecule has 1 amide bonds. The highest BCUT2D eigenvalue weighted by Gasteiger charge is 2.33. The van der Waals surface area contributed by atoms with Gasteiger partial charge in [-0.15, -0.1) is 0 Å². The number of carbonyl (C=O) groups is 2. The van der Waals surface area contributed by atoms with E-state index < -0.39 is 12.0 Å². The molecule has 3 rings (SSSR count). The molecule has 1 saturated heterocycles. The summed E-state index contributed by atoms with van der Waals surface area (Å²) in [5.41, 5.74) is 1.03. The van der Waals surface area contributed by atoms with E-state index in [2.05, 4.69) is 5.10 Å². The molecule has 7 nitrogen and oxygen atoms in total. The van der Waals surface area contributed by atoms with Crippen molar-refractivity contribution in [3.63, 3.8) is 0 Å². The Balaban J connectivity index is 1.84. The molecule has 0 radical (unpaired) electrons. The van der Waals surface area contributed by atoms with Crippen LogP contribution in [-0.4, -0.2) is 57.5 Å². The van der Waals surface area contributed by atoms with Crippen molar-refractivity contribution in [2.24, 2.45) is 0 Å². The number of carbonyl (C=O) groups excluding carboxylic acids is 1. The lowest BCUT2D eigenvalue weighted by Crippen LogP contribution is -2.52. The Labute approximate surface area is 137 Å². The van der Waals surface area contributed by atoms with Crippen LogP contribution in [0.1, 0.15) is 10.4 Å². The second kappa shape index (κ2) is 6.39. The number of aliphatic carboxylic acids is 1. The molecule has 0 spiro atoms. The Bertz CT molecular complexity index is 746. The van der Waals surface area contributed by atoms with Gasteiger partial charge in [0.2, 0.25) is 0 Å². The average molecular weight is 336 g/mol. The van der Waals surface area contributed by atoms with E-state index in [0.29, 0.717) is 22.9 Å². The number of halogens is 1.